The molecule has 1 amide bonds. The van der Waals surface area contributed by atoms with Gasteiger partial charge in [0.15, 0.2) is 6.61 Å². The van der Waals surface area contributed by atoms with Crippen LogP contribution in [0.1, 0.15) is 19.3 Å². The van der Waals surface area contributed by atoms with E-state index in [4.69, 9.17) is 21.1 Å². The minimum Gasteiger partial charge on any atom is -0.484 e. The van der Waals surface area contributed by atoms with Gasteiger partial charge in [-0.15, -0.1) is 0 Å². The van der Waals surface area contributed by atoms with Crippen molar-refractivity contribution in [3.8, 4) is 5.75 Å². The predicted octanol–water partition coefficient (Wildman–Crippen LogP) is 2.65. The van der Waals surface area contributed by atoms with Gasteiger partial charge in [0.1, 0.15) is 5.75 Å². The molecule has 0 radical (unpaired) electrons. The molecule has 2 rings (SSSR count). The van der Waals surface area contributed by atoms with Gasteiger partial charge in [0, 0.05) is 24.8 Å². The average molecular weight is 298 g/mol. The molecule has 1 aromatic rings. The van der Waals surface area contributed by atoms with Crippen LogP contribution < -0.4 is 10.1 Å². The Morgan fingerprint density at radius 2 is 2.05 bits per heavy atom. The Morgan fingerprint density at radius 1 is 1.30 bits per heavy atom. The minimum absolute atomic E-state index is 0.0184. The second-order valence-electron chi connectivity index (χ2n) is 4.96. The van der Waals surface area contributed by atoms with E-state index in [1.54, 1.807) is 24.3 Å². The number of carbonyl (C=O) groups is 1. The maximum atomic E-state index is 11.5. The van der Waals surface area contributed by atoms with Crippen molar-refractivity contribution in [1.29, 1.82) is 0 Å². The summed E-state index contributed by atoms with van der Waals surface area (Å²) in [6, 6.07) is 6.93. The molecule has 0 bridgehead atoms. The summed E-state index contributed by atoms with van der Waals surface area (Å²) in [7, 11) is 0. The van der Waals surface area contributed by atoms with E-state index < -0.39 is 0 Å². The second kappa shape index (κ2) is 8.12. The number of ether oxygens (including phenoxy) is 2. The molecular formula is C15H20ClNO3. The number of nitrogens with one attached hydrogen (secondary N) is 1. The zero-order valence-corrected chi connectivity index (χ0v) is 12.2. The van der Waals surface area contributed by atoms with Crippen molar-refractivity contribution in [1.82, 2.24) is 5.32 Å². The third-order valence-corrected chi connectivity index (χ3v) is 3.27. The maximum Gasteiger partial charge on any atom is 0.257 e. The fourth-order valence-corrected chi connectivity index (χ4v) is 1.79. The van der Waals surface area contributed by atoms with Gasteiger partial charge < -0.3 is 14.8 Å². The van der Waals surface area contributed by atoms with E-state index >= 15 is 0 Å². The molecule has 1 aromatic carbocycles. The molecule has 1 N–H and O–H groups in total. The van der Waals surface area contributed by atoms with E-state index in [-0.39, 0.29) is 12.5 Å². The summed E-state index contributed by atoms with van der Waals surface area (Å²) >= 11 is 5.76. The van der Waals surface area contributed by atoms with Gasteiger partial charge in [0.25, 0.3) is 5.91 Å². The number of halogens is 1. The van der Waals surface area contributed by atoms with Gasteiger partial charge in [0.05, 0.1) is 0 Å². The molecule has 0 aromatic heterocycles. The van der Waals surface area contributed by atoms with Crippen LogP contribution in [0.25, 0.3) is 0 Å². The van der Waals surface area contributed by atoms with E-state index in [9.17, 15) is 4.79 Å². The van der Waals surface area contributed by atoms with Crippen LogP contribution in [-0.2, 0) is 9.53 Å². The smallest absolute Gasteiger partial charge is 0.257 e. The summed E-state index contributed by atoms with van der Waals surface area (Å²) in [5.74, 6) is 1.30. The number of hydrogen-bond donors (Lipinski definition) is 1. The molecule has 1 fully saturated rings. The first-order valence-corrected chi connectivity index (χ1v) is 7.34. The lowest BCUT2D eigenvalue weighted by atomic mass is 10.3. The van der Waals surface area contributed by atoms with Crippen molar-refractivity contribution in [2.75, 3.05) is 26.4 Å². The van der Waals surface area contributed by atoms with Crippen molar-refractivity contribution >= 4 is 17.5 Å². The molecule has 0 spiro atoms. The minimum atomic E-state index is -0.123. The van der Waals surface area contributed by atoms with Crippen molar-refractivity contribution in [2.24, 2.45) is 5.92 Å². The Morgan fingerprint density at radius 3 is 2.75 bits per heavy atom. The van der Waals surface area contributed by atoms with Gasteiger partial charge in [-0.25, -0.2) is 0 Å². The number of rotatable bonds is 9. The third kappa shape index (κ3) is 6.26. The SMILES string of the molecule is O=C(COc1ccc(Cl)cc1)NCCCOCC1CC1. The number of amides is 1. The monoisotopic (exact) mass is 297 g/mol. The Bertz CT molecular complexity index is 418. The molecule has 1 aliphatic carbocycles. The summed E-state index contributed by atoms with van der Waals surface area (Å²) in [6.45, 7) is 2.21. The summed E-state index contributed by atoms with van der Waals surface area (Å²) in [5.41, 5.74) is 0. The quantitative estimate of drug-likeness (QED) is 0.713. The molecule has 20 heavy (non-hydrogen) atoms. The highest BCUT2D eigenvalue weighted by atomic mass is 35.5. The first kappa shape index (κ1) is 15.1. The summed E-state index contributed by atoms with van der Waals surface area (Å²) in [6.07, 6.45) is 3.44. The topological polar surface area (TPSA) is 47.6 Å². The van der Waals surface area contributed by atoms with Crippen molar-refractivity contribution in [3.05, 3.63) is 29.3 Å². The first-order chi connectivity index (χ1) is 9.74. The largest absolute Gasteiger partial charge is 0.484 e. The lowest BCUT2D eigenvalue weighted by Gasteiger charge is -2.08. The molecule has 5 heteroatoms. The first-order valence-electron chi connectivity index (χ1n) is 6.97. The van der Waals surface area contributed by atoms with Crippen LogP contribution in [0.3, 0.4) is 0 Å². The van der Waals surface area contributed by atoms with Crippen molar-refractivity contribution in [3.63, 3.8) is 0 Å². The number of hydrogen-bond acceptors (Lipinski definition) is 3. The third-order valence-electron chi connectivity index (χ3n) is 3.02. The van der Waals surface area contributed by atoms with Crippen LogP contribution in [0.4, 0.5) is 0 Å². The fourth-order valence-electron chi connectivity index (χ4n) is 1.67. The zero-order chi connectivity index (χ0) is 14.2. The molecule has 1 saturated carbocycles. The Labute approximate surface area is 124 Å². The Balaban J connectivity index is 1.48. The van der Waals surface area contributed by atoms with E-state index in [1.165, 1.54) is 12.8 Å². The van der Waals surface area contributed by atoms with E-state index in [0.717, 1.165) is 18.9 Å². The summed E-state index contributed by atoms with van der Waals surface area (Å²) < 4.78 is 10.8. The lowest BCUT2D eigenvalue weighted by Crippen LogP contribution is -2.30. The lowest BCUT2D eigenvalue weighted by molar-refractivity contribution is -0.123. The molecule has 1 aliphatic rings. The maximum absolute atomic E-state index is 11.5. The standard InChI is InChI=1S/C15H20ClNO3/c16-13-4-6-14(7-5-13)20-11-15(18)17-8-1-9-19-10-12-2-3-12/h4-7,12H,1-3,8-11H2,(H,17,18). The Kier molecular flexibility index (Phi) is 6.15. The molecule has 0 heterocycles. The molecule has 0 aliphatic heterocycles. The van der Waals surface area contributed by atoms with E-state index in [1.807, 2.05) is 0 Å². The predicted molar refractivity (Wildman–Crippen MR) is 78.1 cm³/mol. The van der Waals surface area contributed by atoms with E-state index in [2.05, 4.69) is 5.32 Å². The molecule has 0 unspecified atom stereocenters. The highest BCUT2D eigenvalue weighted by Crippen LogP contribution is 2.28. The van der Waals surface area contributed by atoms with Gasteiger partial charge in [0.2, 0.25) is 0 Å². The van der Waals surface area contributed by atoms with Gasteiger partial charge in [-0.1, -0.05) is 11.6 Å². The van der Waals surface area contributed by atoms with E-state index in [0.29, 0.717) is 23.9 Å². The van der Waals surface area contributed by atoms with Crippen LogP contribution >= 0.6 is 11.6 Å². The van der Waals surface area contributed by atoms with Gasteiger partial charge in [-0.05, 0) is 49.4 Å². The van der Waals surface area contributed by atoms with Crippen LogP contribution in [0.2, 0.25) is 5.02 Å². The second-order valence-corrected chi connectivity index (χ2v) is 5.40. The van der Waals surface area contributed by atoms with Gasteiger partial charge in [-0.2, -0.15) is 0 Å². The average Bonchev–Trinajstić information content (AvgIpc) is 3.26. The summed E-state index contributed by atoms with van der Waals surface area (Å²) in [5, 5.41) is 3.44. The van der Waals surface area contributed by atoms with Crippen molar-refractivity contribution in [2.45, 2.75) is 19.3 Å². The van der Waals surface area contributed by atoms with Crippen LogP contribution in [0.5, 0.6) is 5.75 Å². The molecule has 110 valence electrons. The molecule has 0 saturated heterocycles. The Hall–Kier alpha value is -1.26. The summed E-state index contributed by atoms with van der Waals surface area (Å²) in [4.78, 5) is 11.5. The molecular weight excluding hydrogens is 278 g/mol. The van der Waals surface area contributed by atoms with Crippen LogP contribution in [0.15, 0.2) is 24.3 Å². The fraction of sp³-hybridized carbons (Fsp3) is 0.533. The number of benzene rings is 1. The van der Waals surface area contributed by atoms with Crippen LogP contribution in [0, 0.1) is 5.92 Å². The van der Waals surface area contributed by atoms with Gasteiger partial charge >= 0.3 is 0 Å². The highest BCUT2D eigenvalue weighted by molar-refractivity contribution is 6.30. The number of carbonyl (C=O) groups excluding carboxylic acids is 1. The van der Waals surface area contributed by atoms with Crippen LogP contribution in [-0.4, -0.2) is 32.3 Å². The molecule has 4 nitrogen and oxygen atoms in total. The van der Waals surface area contributed by atoms with Crippen molar-refractivity contribution < 1.29 is 14.3 Å². The highest BCUT2D eigenvalue weighted by Gasteiger charge is 2.20. The molecule has 0 atom stereocenters. The zero-order valence-electron chi connectivity index (χ0n) is 11.4. The van der Waals surface area contributed by atoms with Gasteiger partial charge in [-0.3, -0.25) is 4.79 Å². The normalized spacial score (nSPS) is 14.1.